The van der Waals surface area contributed by atoms with Crippen molar-refractivity contribution in [1.29, 1.82) is 0 Å². The molecule has 1 atom stereocenters. The van der Waals surface area contributed by atoms with Gasteiger partial charge in [0.2, 0.25) is 5.91 Å². The monoisotopic (exact) mass is 435 g/mol. The molecule has 1 amide bonds. The molecule has 1 fully saturated rings. The molecule has 1 aliphatic heterocycles. The molecule has 3 rings (SSSR count). The number of aryl methyl sites for hydroxylation is 1. The Bertz CT molecular complexity index is 910. The van der Waals surface area contributed by atoms with E-state index in [0.29, 0.717) is 54.3 Å². The second kappa shape index (κ2) is 10.1. The van der Waals surface area contributed by atoms with E-state index in [1.807, 2.05) is 13.8 Å². The Balaban J connectivity index is 1.99. The maximum absolute atomic E-state index is 12.4. The zero-order valence-corrected chi connectivity index (χ0v) is 18.7. The van der Waals surface area contributed by atoms with Gasteiger partial charge in [-0.05, 0) is 33.3 Å². The SMILES string of the molecule is CCNC(=O)[C@H](C)Nc1nc(CN2CCOCC2)nc2sc(C(=O)OCC)c(C)c12. The van der Waals surface area contributed by atoms with Crippen LogP contribution in [0.4, 0.5) is 5.82 Å². The van der Waals surface area contributed by atoms with Crippen LogP contribution in [0.15, 0.2) is 0 Å². The van der Waals surface area contributed by atoms with Crippen molar-refractivity contribution in [3.8, 4) is 0 Å². The van der Waals surface area contributed by atoms with Crippen LogP contribution in [0.25, 0.3) is 10.2 Å². The lowest BCUT2D eigenvalue weighted by Crippen LogP contribution is -2.38. The normalized spacial score (nSPS) is 15.7. The molecule has 1 saturated heterocycles. The number of hydrogen-bond acceptors (Lipinski definition) is 9. The van der Waals surface area contributed by atoms with Gasteiger partial charge >= 0.3 is 5.97 Å². The maximum Gasteiger partial charge on any atom is 0.348 e. The number of likely N-dealkylation sites (N-methyl/N-ethyl adjacent to an activating group) is 1. The van der Waals surface area contributed by atoms with Crippen LogP contribution in [0.3, 0.4) is 0 Å². The van der Waals surface area contributed by atoms with Crippen LogP contribution >= 0.6 is 11.3 Å². The van der Waals surface area contributed by atoms with Crippen LogP contribution < -0.4 is 10.6 Å². The number of esters is 1. The number of fused-ring (bicyclic) bond motifs is 1. The average Bonchev–Trinajstić information content (AvgIpc) is 3.06. The van der Waals surface area contributed by atoms with Crippen molar-refractivity contribution in [2.24, 2.45) is 0 Å². The highest BCUT2D eigenvalue weighted by molar-refractivity contribution is 7.20. The molecule has 9 nitrogen and oxygen atoms in total. The molecule has 0 unspecified atom stereocenters. The van der Waals surface area contributed by atoms with Crippen molar-refractivity contribution in [2.75, 3.05) is 44.8 Å². The highest BCUT2D eigenvalue weighted by Gasteiger charge is 2.24. The van der Waals surface area contributed by atoms with Gasteiger partial charge in [0.25, 0.3) is 0 Å². The summed E-state index contributed by atoms with van der Waals surface area (Å²) in [6.45, 7) is 11.7. The molecule has 10 heteroatoms. The number of nitrogens with zero attached hydrogens (tertiary/aromatic N) is 3. The highest BCUT2D eigenvalue weighted by Crippen LogP contribution is 2.35. The minimum Gasteiger partial charge on any atom is -0.462 e. The van der Waals surface area contributed by atoms with Crippen LogP contribution in [-0.4, -0.2) is 72.2 Å². The van der Waals surface area contributed by atoms with Crippen molar-refractivity contribution in [1.82, 2.24) is 20.2 Å². The summed E-state index contributed by atoms with van der Waals surface area (Å²) >= 11 is 1.30. The van der Waals surface area contributed by atoms with E-state index in [0.717, 1.165) is 24.0 Å². The second-order valence-corrected chi connectivity index (χ2v) is 8.09. The molecule has 0 aromatic carbocycles. The van der Waals surface area contributed by atoms with Gasteiger partial charge in [0.05, 0.1) is 31.8 Å². The molecule has 0 saturated carbocycles. The maximum atomic E-state index is 12.4. The van der Waals surface area contributed by atoms with E-state index >= 15 is 0 Å². The van der Waals surface area contributed by atoms with Crippen molar-refractivity contribution in [3.05, 3.63) is 16.3 Å². The number of nitrogens with one attached hydrogen (secondary N) is 2. The van der Waals surface area contributed by atoms with E-state index in [1.54, 1.807) is 13.8 Å². The number of morpholine rings is 1. The quantitative estimate of drug-likeness (QED) is 0.606. The minimum absolute atomic E-state index is 0.113. The largest absolute Gasteiger partial charge is 0.462 e. The van der Waals surface area contributed by atoms with Crippen molar-refractivity contribution < 1.29 is 19.1 Å². The summed E-state index contributed by atoms with van der Waals surface area (Å²) in [5.41, 5.74) is 0.761. The number of anilines is 1. The number of ether oxygens (including phenoxy) is 2. The number of hydrogen-bond donors (Lipinski definition) is 2. The molecular weight excluding hydrogens is 406 g/mol. The van der Waals surface area contributed by atoms with Gasteiger partial charge in [-0.3, -0.25) is 9.69 Å². The Morgan fingerprint density at radius 2 is 2.00 bits per heavy atom. The predicted octanol–water partition coefficient (Wildman–Crippen LogP) is 1.95. The standard InChI is InChI=1S/C20H29N5O4S/c1-5-21-18(26)13(4)22-17-15-12(3)16(20(27)29-6-2)30-19(15)24-14(23-17)11-25-7-9-28-10-8-25/h13H,5-11H2,1-4H3,(H,21,26)(H,22,23,24)/t13-/m0/s1. The molecule has 2 aromatic rings. The van der Waals surface area contributed by atoms with E-state index < -0.39 is 6.04 Å². The third kappa shape index (κ3) is 5.05. The Hall–Kier alpha value is -2.30. The number of amides is 1. The van der Waals surface area contributed by atoms with Gasteiger partial charge in [-0.2, -0.15) is 0 Å². The molecule has 0 spiro atoms. The topological polar surface area (TPSA) is 106 Å². The van der Waals surface area contributed by atoms with Gasteiger partial charge in [-0.25, -0.2) is 14.8 Å². The molecule has 2 aromatic heterocycles. The molecule has 2 N–H and O–H groups in total. The fourth-order valence-electron chi connectivity index (χ4n) is 3.31. The van der Waals surface area contributed by atoms with E-state index in [9.17, 15) is 9.59 Å². The summed E-state index contributed by atoms with van der Waals surface area (Å²) in [6, 6.07) is -0.482. The number of rotatable bonds is 8. The first-order valence-corrected chi connectivity index (χ1v) is 11.1. The zero-order chi connectivity index (χ0) is 21.7. The zero-order valence-electron chi connectivity index (χ0n) is 17.9. The molecule has 164 valence electrons. The molecule has 1 aliphatic rings. The minimum atomic E-state index is -0.482. The van der Waals surface area contributed by atoms with Crippen molar-refractivity contribution >= 4 is 39.2 Å². The second-order valence-electron chi connectivity index (χ2n) is 7.09. The average molecular weight is 436 g/mol. The Kier molecular flexibility index (Phi) is 7.57. The smallest absolute Gasteiger partial charge is 0.348 e. The summed E-state index contributed by atoms with van der Waals surface area (Å²) in [4.78, 5) is 37.6. The van der Waals surface area contributed by atoms with Crippen LogP contribution in [0.5, 0.6) is 0 Å². The Morgan fingerprint density at radius 3 is 2.67 bits per heavy atom. The summed E-state index contributed by atoms with van der Waals surface area (Å²) in [5, 5.41) is 6.79. The number of carbonyl (C=O) groups is 2. The number of aromatic nitrogens is 2. The van der Waals surface area contributed by atoms with Crippen LogP contribution in [-0.2, 0) is 20.8 Å². The van der Waals surface area contributed by atoms with Crippen molar-refractivity contribution in [3.63, 3.8) is 0 Å². The third-order valence-electron chi connectivity index (χ3n) is 4.86. The van der Waals surface area contributed by atoms with Gasteiger partial charge in [-0.15, -0.1) is 11.3 Å². The summed E-state index contributed by atoms with van der Waals surface area (Å²) in [7, 11) is 0. The Labute approximate surface area is 180 Å². The lowest BCUT2D eigenvalue weighted by atomic mass is 10.2. The molecule has 0 radical (unpaired) electrons. The highest BCUT2D eigenvalue weighted by atomic mass is 32.1. The molecule has 0 bridgehead atoms. The molecule has 30 heavy (non-hydrogen) atoms. The van der Waals surface area contributed by atoms with Gasteiger partial charge < -0.3 is 20.1 Å². The fourth-order valence-corrected chi connectivity index (χ4v) is 4.40. The van der Waals surface area contributed by atoms with Crippen LogP contribution in [0, 0.1) is 6.92 Å². The van der Waals surface area contributed by atoms with Crippen molar-refractivity contribution in [2.45, 2.75) is 40.3 Å². The fraction of sp³-hybridized carbons (Fsp3) is 0.600. The predicted molar refractivity (Wildman–Crippen MR) is 116 cm³/mol. The van der Waals surface area contributed by atoms with Crippen LogP contribution in [0.2, 0.25) is 0 Å². The van der Waals surface area contributed by atoms with Crippen LogP contribution in [0.1, 0.15) is 41.8 Å². The number of carbonyl (C=O) groups excluding carboxylic acids is 2. The lowest BCUT2D eigenvalue weighted by Gasteiger charge is -2.26. The molecule has 0 aliphatic carbocycles. The van der Waals surface area contributed by atoms with Gasteiger partial charge in [0.1, 0.15) is 27.4 Å². The summed E-state index contributed by atoms with van der Waals surface area (Å²) in [5.74, 6) is 0.728. The van der Waals surface area contributed by atoms with E-state index in [-0.39, 0.29) is 11.9 Å². The lowest BCUT2D eigenvalue weighted by molar-refractivity contribution is -0.121. The van der Waals surface area contributed by atoms with Gasteiger partial charge in [0.15, 0.2) is 0 Å². The van der Waals surface area contributed by atoms with E-state index in [2.05, 4.69) is 15.5 Å². The number of thiophene rings is 1. The molecular formula is C20H29N5O4S. The first-order chi connectivity index (χ1) is 14.4. The first-order valence-electron chi connectivity index (χ1n) is 10.3. The first kappa shape index (κ1) is 22.4. The van der Waals surface area contributed by atoms with Gasteiger partial charge in [-0.1, -0.05) is 0 Å². The van der Waals surface area contributed by atoms with Gasteiger partial charge in [0, 0.05) is 19.6 Å². The van der Waals surface area contributed by atoms with E-state index in [1.165, 1.54) is 11.3 Å². The Morgan fingerprint density at radius 1 is 1.27 bits per heavy atom. The third-order valence-corrected chi connectivity index (χ3v) is 6.03. The summed E-state index contributed by atoms with van der Waals surface area (Å²) in [6.07, 6.45) is 0. The molecule has 3 heterocycles. The summed E-state index contributed by atoms with van der Waals surface area (Å²) < 4.78 is 10.6. The van der Waals surface area contributed by atoms with E-state index in [4.69, 9.17) is 19.4 Å².